The molecule has 0 amide bonds. The molecule has 0 aromatic carbocycles. The van der Waals surface area contributed by atoms with Gasteiger partial charge in [-0.25, -0.2) is 0 Å². The van der Waals surface area contributed by atoms with Crippen LogP contribution in [0.5, 0.6) is 0 Å². The van der Waals surface area contributed by atoms with Crippen molar-refractivity contribution < 1.29 is 24.8 Å². The molecule has 0 aromatic heterocycles. The van der Waals surface area contributed by atoms with Crippen LogP contribution in [0.3, 0.4) is 0 Å². The summed E-state index contributed by atoms with van der Waals surface area (Å²) in [4.78, 5) is 0. The summed E-state index contributed by atoms with van der Waals surface area (Å²) in [5.74, 6) is 0. The van der Waals surface area contributed by atoms with E-state index >= 15 is 0 Å². The molecular formula is C7H15NO5. The van der Waals surface area contributed by atoms with E-state index in [1.54, 1.807) is 0 Å². The fourth-order valence-electron chi connectivity index (χ4n) is 1.31. The third-order valence-corrected chi connectivity index (χ3v) is 2.17. The summed E-state index contributed by atoms with van der Waals surface area (Å²) >= 11 is 0. The fraction of sp³-hybridized carbons (Fsp3) is 1.00. The van der Waals surface area contributed by atoms with Crippen LogP contribution in [0.1, 0.15) is 0 Å². The second-order valence-corrected chi connectivity index (χ2v) is 3.02. The highest BCUT2D eigenvalue weighted by molar-refractivity contribution is 4.91. The van der Waals surface area contributed by atoms with Gasteiger partial charge in [-0.2, -0.15) is 0 Å². The highest BCUT2D eigenvalue weighted by atomic mass is 16.7. The Morgan fingerprint density at radius 2 is 2.00 bits per heavy atom. The lowest BCUT2D eigenvalue weighted by atomic mass is 9.97. The minimum absolute atomic E-state index is 0.360. The van der Waals surface area contributed by atoms with E-state index in [-0.39, 0.29) is 6.61 Å². The number of ether oxygens (including phenoxy) is 2. The molecule has 0 spiro atoms. The topological polar surface area (TPSA) is 105 Å². The minimum Gasteiger partial charge on any atom is -0.394 e. The van der Waals surface area contributed by atoms with Crippen molar-refractivity contribution in [1.29, 1.82) is 0 Å². The summed E-state index contributed by atoms with van der Waals surface area (Å²) < 4.78 is 9.81. The van der Waals surface area contributed by atoms with Crippen molar-refractivity contribution in [2.45, 2.75) is 30.6 Å². The molecule has 0 radical (unpaired) electrons. The Labute approximate surface area is 75.9 Å². The number of rotatable bonds is 2. The number of aliphatic hydroxyl groups excluding tert-OH is 3. The molecule has 78 valence electrons. The summed E-state index contributed by atoms with van der Waals surface area (Å²) in [7, 11) is 1.35. The predicted octanol–water partition coefficient (Wildman–Crippen LogP) is -2.60. The van der Waals surface area contributed by atoms with Crippen molar-refractivity contribution in [1.82, 2.24) is 0 Å². The van der Waals surface area contributed by atoms with Crippen molar-refractivity contribution in [2.24, 2.45) is 5.73 Å². The molecular weight excluding hydrogens is 178 g/mol. The molecule has 1 rings (SSSR count). The first-order valence-electron chi connectivity index (χ1n) is 4.02. The zero-order valence-corrected chi connectivity index (χ0v) is 7.33. The Bertz CT molecular complexity index is 147. The van der Waals surface area contributed by atoms with Crippen LogP contribution >= 0.6 is 0 Å². The third-order valence-electron chi connectivity index (χ3n) is 2.17. The normalized spacial score (nSPS) is 46.4. The van der Waals surface area contributed by atoms with Gasteiger partial charge in [0, 0.05) is 7.11 Å². The van der Waals surface area contributed by atoms with Gasteiger partial charge in [0.05, 0.1) is 12.6 Å². The van der Waals surface area contributed by atoms with E-state index in [2.05, 4.69) is 0 Å². The molecule has 0 unspecified atom stereocenters. The van der Waals surface area contributed by atoms with Crippen molar-refractivity contribution in [3.05, 3.63) is 0 Å². The zero-order valence-electron chi connectivity index (χ0n) is 7.33. The third kappa shape index (κ3) is 1.98. The maximum Gasteiger partial charge on any atom is 0.185 e. The molecule has 0 aromatic rings. The number of nitrogens with two attached hydrogens (primary N) is 1. The Kier molecular flexibility index (Phi) is 3.60. The Morgan fingerprint density at radius 1 is 1.38 bits per heavy atom. The minimum atomic E-state index is -1.08. The molecule has 13 heavy (non-hydrogen) atoms. The van der Waals surface area contributed by atoms with Gasteiger partial charge >= 0.3 is 0 Å². The first kappa shape index (κ1) is 10.8. The quantitative estimate of drug-likeness (QED) is 0.383. The van der Waals surface area contributed by atoms with Crippen LogP contribution in [-0.2, 0) is 9.47 Å². The van der Waals surface area contributed by atoms with Gasteiger partial charge in [0.25, 0.3) is 0 Å². The van der Waals surface area contributed by atoms with Gasteiger partial charge in [-0.15, -0.1) is 0 Å². The van der Waals surface area contributed by atoms with Gasteiger partial charge in [-0.3, -0.25) is 0 Å². The number of hydrogen-bond donors (Lipinski definition) is 4. The average molecular weight is 193 g/mol. The summed E-state index contributed by atoms with van der Waals surface area (Å²) in [6, 6.07) is -0.865. The molecule has 1 heterocycles. The molecule has 1 aliphatic heterocycles. The highest BCUT2D eigenvalue weighted by Gasteiger charge is 2.42. The molecule has 0 saturated carbocycles. The molecule has 1 fully saturated rings. The smallest absolute Gasteiger partial charge is 0.185 e. The number of methoxy groups -OCH3 is 1. The Balaban J connectivity index is 2.66. The van der Waals surface area contributed by atoms with Crippen LogP contribution in [0.4, 0.5) is 0 Å². The zero-order chi connectivity index (χ0) is 10.0. The van der Waals surface area contributed by atoms with E-state index in [0.29, 0.717) is 0 Å². The van der Waals surface area contributed by atoms with Gasteiger partial charge in [-0.1, -0.05) is 0 Å². The van der Waals surface area contributed by atoms with Crippen molar-refractivity contribution in [3.8, 4) is 0 Å². The van der Waals surface area contributed by atoms with E-state index in [1.165, 1.54) is 7.11 Å². The number of hydrogen-bond acceptors (Lipinski definition) is 6. The maximum atomic E-state index is 9.40. The Hall–Kier alpha value is -0.240. The molecule has 1 aliphatic rings. The first-order chi connectivity index (χ1) is 6.11. The van der Waals surface area contributed by atoms with E-state index in [0.717, 1.165) is 0 Å². The van der Waals surface area contributed by atoms with E-state index in [1.807, 2.05) is 0 Å². The van der Waals surface area contributed by atoms with Crippen LogP contribution in [0.25, 0.3) is 0 Å². The largest absolute Gasteiger partial charge is 0.394 e. The maximum absolute atomic E-state index is 9.40. The standard InChI is InChI=1S/C7H15NO5/c1-12-7-6(11)4(8)5(10)3(2-9)13-7/h3-7,9-11H,2,8H2,1H3/t3-,4-,5+,6+,7-/m1/s1. The summed E-state index contributed by atoms with van der Waals surface area (Å²) in [5, 5.41) is 27.6. The van der Waals surface area contributed by atoms with Crippen LogP contribution < -0.4 is 5.73 Å². The molecule has 5 atom stereocenters. The predicted molar refractivity (Wildman–Crippen MR) is 42.7 cm³/mol. The molecule has 6 nitrogen and oxygen atoms in total. The van der Waals surface area contributed by atoms with Gasteiger partial charge in [0.2, 0.25) is 0 Å². The van der Waals surface area contributed by atoms with Crippen molar-refractivity contribution >= 4 is 0 Å². The first-order valence-corrected chi connectivity index (χ1v) is 4.02. The lowest BCUT2D eigenvalue weighted by molar-refractivity contribution is -0.267. The van der Waals surface area contributed by atoms with E-state index < -0.39 is 30.6 Å². The monoisotopic (exact) mass is 193 g/mol. The molecule has 0 bridgehead atoms. The molecule has 1 saturated heterocycles. The lowest BCUT2D eigenvalue weighted by Crippen LogP contribution is -2.62. The molecule has 5 N–H and O–H groups in total. The molecule has 0 aliphatic carbocycles. The van der Waals surface area contributed by atoms with Crippen LogP contribution in [0.2, 0.25) is 0 Å². The Morgan fingerprint density at radius 3 is 2.46 bits per heavy atom. The van der Waals surface area contributed by atoms with Crippen molar-refractivity contribution in [3.63, 3.8) is 0 Å². The van der Waals surface area contributed by atoms with Crippen LogP contribution in [0.15, 0.2) is 0 Å². The van der Waals surface area contributed by atoms with Gasteiger partial charge < -0.3 is 30.5 Å². The van der Waals surface area contributed by atoms with Crippen LogP contribution in [0, 0.1) is 0 Å². The highest BCUT2D eigenvalue weighted by Crippen LogP contribution is 2.19. The average Bonchev–Trinajstić information content (AvgIpc) is 2.15. The lowest BCUT2D eigenvalue weighted by Gasteiger charge is -2.39. The van der Waals surface area contributed by atoms with Crippen LogP contribution in [-0.4, -0.2) is 59.7 Å². The number of aliphatic hydroxyl groups is 3. The second-order valence-electron chi connectivity index (χ2n) is 3.02. The fourth-order valence-corrected chi connectivity index (χ4v) is 1.31. The summed E-state index contributed by atoms with van der Waals surface area (Å²) in [6.45, 7) is -0.360. The summed E-state index contributed by atoms with van der Waals surface area (Å²) in [6.07, 6.45) is -3.85. The molecule has 6 heteroatoms. The second kappa shape index (κ2) is 4.32. The van der Waals surface area contributed by atoms with Gasteiger partial charge in [0.1, 0.15) is 18.3 Å². The SMILES string of the molecule is CO[C@@H]1O[C@H](CO)[C@H](O)[C@@H](N)[C@@H]1O. The van der Waals surface area contributed by atoms with Gasteiger partial charge in [-0.05, 0) is 0 Å². The summed E-state index contributed by atoms with van der Waals surface area (Å²) in [5.41, 5.74) is 5.48. The van der Waals surface area contributed by atoms with Gasteiger partial charge in [0.15, 0.2) is 6.29 Å². The van der Waals surface area contributed by atoms with Crippen molar-refractivity contribution in [2.75, 3.05) is 13.7 Å². The van der Waals surface area contributed by atoms with E-state index in [4.69, 9.17) is 20.3 Å². The van der Waals surface area contributed by atoms with E-state index in [9.17, 15) is 10.2 Å².